The number of amides is 2. The number of ether oxygens (including phenoxy) is 1. The summed E-state index contributed by atoms with van der Waals surface area (Å²) in [5.41, 5.74) is 0.131. The highest BCUT2D eigenvalue weighted by atomic mass is 16.6. The van der Waals surface area contributed by atoms with E-state index < -0.39 is 17.6 Å². The minimum absolute atomic E-state index is 0.461. The van der Waals surface area contributed by atoms with Gasteiger partial charge in [-0.2, -0.15) is 5.01 Å². The summed E-state index contributed by atoms with van der Waals surface area (Å²) < 4.78 is 5.04. The van der Waals surface area contributed by atoms with Crippen molar-refractivity contribution in [1.29, 1.82) is 0 Å². The maximum absolute atomic E-state index is 11.9. The lowest BCUT2D eigenvalue weighted by molar-refractivity contribution is -0.125. The molecule has 0 saturated heterocycles. The van der Waals surface area contributed by atoms with Crippen molar-refractivity contribution in [2.24, 2.45) is 5.84 Å². The Kier molecular flexibility index (Phi) is 4.81. The summed E-state index contributed by atoms with van der Waals surface area (Å²) in [4.78, 5) is 23.6. The van der Waals surface area contributed by atoms with Gasteiger partial charge in [0.2, 0.25) is 0 Å². The predicted octanol–water partition coefficient (Wildman–Crippen LogP) is 3.49. The quantitative estimate of drug-likeness (QED) is 0.399. The standard InChI is InChI=1S/C18H20N2O3/c1-18(2,3)23-17(22)20(19)16(21)11-9-13-8-10-14-6-4-5-7-15(14)12-13/h4-12H,19H2,1-3H3/b11-9+. The fourth-order valence-electron chi connectivity index (χ4n) is 1.96. The molecule has 0 unspecified atom stereocenters. The Hall–Kier alpha value is -2.66. The van der Waals surface area contributed by atoms with Gasteiger partial charge >= 0.3 is 6.09 Å². The molecule has 2 aromatic carbocycles. The third kappa shape index (κ3) is 4.66. The minimum atomic E-state index is -0.884. The third-order valence-corrected chi connectivity index (χ3v) is 3.02. The molecule has 120 valence electrons. The van der Waals surface area contributed by atoms with Crippen LogP contribution in [-0.4, -0.2) is 22.6 Å². The second-order valence-corrected chi connectivity index (χ2v) is 6.13. The van der Waals surface area contributed by atoms with E-state index in [-0.39, 0.29) is 0 Å². The van der Waals surface area contributed by atoms with E-state index in [2.05, 4.69) is 0 Å². The molecule has 2 rings (SSSR count). The topological polar surface area (TPSA) is 72.6 Å². The molecule has 5 nitrogen and oxygen atoms in total. The summed E-state index contributed by atoms with van der Waals surface area (Å²) in [7, 11) is 0. The van der Waals surface area contributed by atoms with E-state index in [1.54, 1.807) is 26.8 Å². The zero-order chi connectivity index (χ0) is 17.0. The highest BCUT2D eigenvalue weighted by Crippen LogP contribution is 2.16. The fraction of sp³-hybridized carbons (Fsp3) is 0.222. The van der Waals surface area contributed by atoms with Gasteiger partial charge in [-0.3, -0.25) is 4.79 Å². The van der Waals surface area contributed by atoms with Crippen molar-refractivity contribution in [1.82, 2.24) is 5.01 Å². The summed E-state index contributed by atoms with van der Waals surface area (Å²) in [6, 6.07) is 13.7. The number of rotatable bonds is 2. The number of carbonyl (C=O) groups is 2. The van der Waals surface area contributed by atoms with Gasteiger partial charge in [-0.1, -0.05) is 36.4 Å². The van der Waals surface area contributed by atoms with Crippen LogP contribution < -0.4 is 5.84 Å². The van der Waals surface area contributed by atoms with E-state index in [1.165, 1.54) is 6.08 Å². The van der Waals surface area contributed by atoms with E-state index in [0.29, 0.717) is 5.01 Å². The largest absolute Gasteiger partial charge is 0.442 e. The molecule has 23 heavy (non-hydrogen) atoms. The molecule has 2 N–H and O–H groups in total. The van der Waals surface area contributed by atoms with Gasteiger partial charge in [-0.25, -0.2) is 10.6 Å². The number of nitrogens with two attached hydrogens (primary N) is 1. The lowest BCUT2D eigenvalue weighted by Gasteiger charge is -2.22. The Balaban J connectivity index is 2.08. The van der Waals surface area contributed by atoms with Gasteiger partial charge in [0.1, 0.15) is 5.60 Å². The van der Waals surface area contributed by atoms with Crippen molar-refractivity contribution in [2.75, 3.05) is 0 Å². The third-order valence-electron chi connectivity index (χ3n) is 3.02. The second-order valence-electron chi connectivity index (χ2n) is 6.13. The molecular formula is C18H20N2O3. The van der Waals surface area contributed by atoms with Gasteiger partial charge in [-0.15, -0.1) is 0 Å². The molecule has 0 bridgehead atoms. The molecule has 0 radical (unpaired) electrons. The molecular weight excluding hydrogens is 292 g/mol. The molecule has 0 aliphatic carbocycles. The van der Waals surface area contributed by atoms with Gasteiger partial charge in [0.05, 0.1) is 0 Å². The molecule has 0 heterocycles. The number of carbonyl (C=O) groups excluding carboxylic acids is 2. The Morgan fingerprint density at radius 1 is 1.09 bits per heavy atom. The van der Waals surface area contributed by atoms with Crippen LogP contribution in [0.1, 0.15) is 26.3 Å². The summed E-state index contributed by atoms with van der Waals surface area (Å²) in [6.07, 6.45) is 1.97. The number of benzene rings is 2. The van der Waals surface area contributed by atoms with Crippen LogP contribution in [0.2, 0.25) is 0 Å². The van der Waals surface area contributed by atoms with Crippen LogP contribution in [0.25, 0.3) is 16.8 Å². The Morgan fingerprint density at radius 3 is 2.39 bits per heavy atom. The fourth-order valence-corrected chi connectivity index (χ4v) is 1.96. The number of hydrogen-bond donors (Lipinski definition) is 1. The highest BCUT2D eigenvalue weighted by molar-refractivity contribution is 6.00. The van der Waals surface area contributed by atoms with E-state index in [9.17, 15) is 9.59 Å². The van der Waals surface area contributed by atoms with Gasteiger partial charge < -0.3 is 4.74 Å². The monoisotopic (exact) mass is 312 g/mol. The van der Waals surface area contributed by atoms with Crippen LogP contribution in [-0.2, 0) is 9.53 Å². The Labute approximate surface area is 135 Å². The van der Waals surface area contributed by atoms with Gasteiger partial charge in [0.25, 0.3) is 5.91 Å². The summed E-state index contributed by atoms with van der Waals surface area (Å²) in [5, 5.41) is 2.65. The van der Waals surface area contributed by atoms with Crippen LogP contribution in [0.15, 0.2) is 48.5 Å². The van der Waals surface area contributed by atoms with E-state index >= 15 is 0 Å². The number of hydrogen-bond acceptors (Lipinski definition) is 4. The van der Waals surface area contributed by atoms with Gasteiger partial charge in [-0.05, 0) is 49.2 Å². The van der Waals surface area contributed by atoms with Crippen LogP contribution >= 0.6 is 0 Å². The van der Waals surface area contributed by atoms with Crippen LogP contribution in [0.5, 0.6) is 0 Å². The van der Waals surface area contributed by atoms with Crippen LogP contribution in [0, 0.1) is 0 Å². The molecule has 2 amide bonds. The highest BCUT2D eigenvalue weighted by Gasteiger charge is 2.23. The first-order valence-corrected chi connectivity index (χ1v) is 7.25. The van der Waals surface area contributed by atoms with Crippen LogP contribution in [0.3, 0.4) is 0 Å². The molecule has 0 aliphatic rings. The number of imide groups is 1. The van der Waals surface area contributed by atoms with Crippen molar-refractivity contribution >= 4 is 28.8 Å². The van der Waals surface area contributed by atoms with Crippen molar-refractivity contribution in [3.8, 4) is 0 Å². The Morgan fingerprint density at radius 2 is 1.74 bits per heavy atom. The molecule has 0 atom stereocenters. The summed E-state index contributed by atoms with van der Waals surface area (Å²) >= 11 is 0. The smallest absolute Gasteiger partial charge is 0.432 e. The van der Waals surface area contributed by atoms with E-state index in [4.69, 9.17) is 10.6 Å². The van der Waals surface area contributed by atoms with Crippen molar-refractivity contribution in [3.63, 3.8) is 0 Å². The van der Waals surface area contributed by atoms with Crippen molar-refractivity contribution < 1.29 is 14.3 Å². The van der Waals surface area contributed by atoms with Gasteiger partial charge in [0, 0.05) is 6.08 Å². The van der Waals surface area contributed by atoms with Crippen molar-refractivity contribution in [2.45, 2.75) is 26.4 Å². The Bertz CT molecular complexity index is 760. The zero-order valence-corrected chi connectivity index (χ0v) is 13.4. The molecule has 5 heteroatoms. The molecule has 2 aromatic rings. The molecule has 0 saturated carbocycles. The number of fused-ring (bicyclic) bond motifs is 1. The normalized spacial score (nSPS) is 11.7. The number of nitrogens with zero attached hydrogens (tertiary/aromatic N) is 1. The molecule has 0 fully saturated rings. The lowest BCUT2D eigenvalue weighted by Crippen LogP contribution is -2.44. The summed E-state index contributed by atoms with van der Waals surface area (Å²) in [5.74, 6) is 4.83. The lowest BCUT2D eigenvalue weighted by atomic mass is 10.1. The zero-order valence-electron chi connectivity index (χ0n) is 13.4. The summed E-state index contributed by atoms with van der Waals surface area (Å²) in [6.45, 7) is 5.11. The van der Waals surface area contributed by atoms with E-state index in [1.807, 2.05) is 42.5 Å². The SMILES string of the molecule is CC(C)(C)OC(=O)N(N)C(=O)/C=C/c1ccc2ccccc2c1. The first kappa shape index (κ1) is 16.7. The molecule has 0 spiro atoms. The maximum Gasteiger partial charge on any atom is 0.432 e. The van der Waals surface area contributed by atoms with Crippen molar-refractivity contribution in [3.05, 3.63) is 54.1 Å². The second kappa shape index (κ2) is 6.62. The minimum Gasteiger partial charge on any atom is -0.442 e. The average molecular weight is 312 g/mol. The van der Waals surface area contributed by atoms with E-state index in [0.717, 1.165) is 16.3 Å². The number of hydrazine groups is 1. The average Bonchev–Trinajstić information content (AvgIpc) is 2.50. The van der Waals surface area contributed by atoms with Crippen LogP contribution in [0.4, 0.5) is 4.79 Å². The predicted molar refractivity (Wildman–Crippen MR) is 90.2 cm³/mol. The first-order valence-electron chi connectivity index (χ1n) is 7.25. The molecule has 0 aromatic heterocycles. The molecule has 0 aliphatic heterocycles. The van der Waals surface area contributed by atoms with Gasteiger partial charge in [0.15, 0.2) is 0 Å². The first-order chi connectivity index (χ1) is 10.8. The maximum atomic E-state index is 11.9.